The first-order valence-corrected chi connectivity index (χ1v) is 12.9. The molecule has 10 heteroatoms. The van der Waals surface area contributed by atoms with Gasteiger partial charge in [0.1, 0.15) is 19.0 Å². The molecule has 0 saturated carbocycles. The third-order valence-electron chi connectivity index (χ3n) is 6.65. The molecular weight excluding hydrogens is 520 g/mol. The highest BCUT2D eigenvalue weighted by Crippen LogP contribution is 2.45. The van der Waals surface area contributed by atoms with E-state index in [1.54, 1.807) is 42.5 Å². The first kappa shape index (κ1) is 24.6. The molecule has 0 radical (unpaired) electrons. The number of rotatable bonds is 4. The molecule has 0 aliphatic carbocycles. The average Bonchev–Trinajstić information content (AvgIpc) is 3.49. The molecule has 1 amide bonds. The Bertz CT molecular complexity index is 1690. The van der Waals surface area contributed by atoms with Gasteiger partial charge in [0.05, 0.1) is 34.5 Å². The largest absolute Gasteiger partial charge is 0.507 e. The van der Waals surface area contributed by atoms with Gasteiger partial charge in [0.2, 0.25) is 0 Å². The molecule has 9 nitrogen and oxygen atoms in total. The molecule has 0 unspecified atom stereocenters. The van der Waals surface area contributed by atoms with Crippen LogP contribution in [0.15, 0.2) is 66.2 Å². The number of aliphatic hydroxyl groups excluding tert-OH is 1. The summed E-state index contributed by atoms with van der Waals surface area (Å²) in [7, 11) is 1.29. The zero-order valence-electron chi connectivity index (χ0n) is 21.0. The van der Waals surface area contributed by atoms with Crippen molar-refractivity contribution in [3.8, 4) is 11.5 Å². The van der Waals surface area contributed by atoms with Crippen LogP contribution in [0.2, 0.25) is 0 Å². The number of hydrogen-bond acceptors (Lipinski definition) is 9. The zero-order valence-corrected chi connectivity index (χ0v) is 21.8. The number of carbonyl (C=O) groups excluding carboxylic acids is 3. The molecule has 6 rings (SSSR count). The first-order chi connectivity index (χ1) is 18.9. The van der Waals surface area contributed by atoms with Crippen molar-refractivity contribution in [3.05, 3.63) is 88.5 Å². The maximum absolute atomic E-state index is 13.5. The van der Waals surface area contributed by atoms with Crippen LogP contribution in [0.3, 0.4) is 0 Å². The highest BCUT2D eigenvalue weighted by Gasteiger charge is 2.48. The predicted octanol–water partition coefficient (Wildman–Crippen LogP) is 4.79. The van der Waals surface area contributed by atoms with E-state index in [4.69, 9.17) is 14.2 Å². The van der Waals surface area contributed by atoms with Gasteiger partial charge < -0.3 is 19.3 Å². The molecule has 1 atom stereocenters. The third-order valence-corrected chi connectivity index (χ3v) is 7.66. The summed E-state index contributed by atoms with van der Waals surface area (Å²) in [6, 6.07) is 15.9. The fraction of sp³-hybridized carbons (Fsp3) is 0.172. The first-order valence-electron chi connectivity index (χ1n) is 12.1. The monoisotopic (exact) mass is 542 g/mol. The number of hydrogen-bond donors (Lipinski definition) is 1. The molecule has 1 saturated heterocycles. The number of esters is 1. The van der Waals surface area contributed by atoms with Crippen molar-refractivity contribution in [1.29, 1.82) is 0 Å². The number of nitrogens with zero attached hydrogens (tertiary/aromatic N) is 2. The number of Topliss-reactive ketones (excluding diaryl/α,β-unsaturated/α-hetero) is 1. The number of ketones is 1. The standard InChI is InChI=1S/C29H22N2O7S/c1-15-3-9-19-22(13-15)39-29(30-19)31-24(16-4-6-17(7-5-16)28(35)36-2)23(26(33)27(31)34)25(32)18-8-10-20-21(14-18)38-12-11-37-20/h3-10,13-14,24,32H,11-12H2,1-2H3/b25-23+/t24-/m0/s1. The number of carbonyl (C=O) groups is 3. The average molecular weight is 543 g/mol. The Labute approximate surface area is 226 Å². The number of anilines is 1. The van der Waals surface area contributed by atoms with Gasteiger partial charge in [-0.3, -0.25) is 14.5 Å². The lowest BCUT2D eigenvalue weighted by Crippen LogP contribution is -2.29. The Morgan fingerprint density at radius 1 is 1.00 bits per heavy atom. The minimum absolute atomic E-state index is 0.0991. The number of amides is 1. The van der Waals surface area contributed by atoms with E-state index in [9.17, 15) is 19.5 Å². The molecule has 196 valence electrons. The number of aliphatic hydroxyl groups is 1. The van der Waals surface area contributed by atoms with Gasteiger partial charge in [-0.1, -0.05) is 29.5 Å². The summed E-state index contributed by atoms with van der Waals surface area (Å²) in [5.41, 5.74) is 2.74. The fourth-order valence-electron chi connectivity index (χ4n) is 4.73. The van der Waals surface area contributed by atoms with Crippen LogP contribution in [0.4, 0.5) is 5.13 Å². The quantitative estimate of drug-likeness (QED) is 0.169. The van der Waals surface area contributed by atoms with E-state index < -0.39 is 23.7 Å². The fourth-order valence-corrected chi connectivity index (χ4v) is 5.82. The Balaban J connectivity index is 1.52. The molecule has 1 aromatic heterocycles. The van der Waals surface area contributed by atoms with Crippen LogP contribution >= 0.6 is 11.3 Å². The molecule has 0 spiro atoms. The van der Waals surface area contributed by atoms with Crippen LogP contribution in [-0.2, 0) is 14.3 Å². The molecule has 2 aliphatic heterocycles. The highest BCUT2D eigenvalue weighted by atomic mass is 32.1. The normalized spacial score (nSPS) is 18.0. The van der Waals surface area contributed by atoms with Crippen molar-refractivity contribution < 1.29 is 33.7 Å². The van der Waals surface area contributed by atoms with Gasteiger partial charge in [0, 0.05) is 5.56 Å². The molecule has 4 aromatic rings. The van der Waals surface area contributed by atoms with Crippen LogP contribution in [0, 0.1) is 6.92 Å². The van der Waals surface area contributed by atoms with E-state index >= 15 is 0 Å². The van der Waals surface area contributed by atoms with Crippen molar-refractivity contribution in [2.24, 2.45) is 0 Å². The summed E-state index contributed by atoms with van der Waals surface area (Å²) >= 11 is 1.28. The summed E-state index contributed by atoms with van der Waals surface area (Å²) in [4.78, 5) is 45.0. The molecule has 2 aliphatic rings. The van der Waals surface area contributed by atoms with Crippen LogP contribution in [0.5, 0.6) is 11.5 Å². The Morgan fingerprint density at radius 2 is 1.72 bits per heavy atom. The number of benzene rings is 3. The number of thiazole rings is 1. The highest BCUT2D eigenvalue weighted by molar-refractivity contribution is 7.22. The van der Waals surface area contributed by atoms with E-state index in [1.165, 1.54) is 23.3 Å². The Kier molecular flexibility index (Phi) is 6.03. The molecule has 1 N–H and O–H groups in total. The maximum atomic E-state index is 13.5. The van der Waals surface area contributed by atoms with Crippen molar-refractivity contribution in [2.45, 2.75) is 13.0 Å². The second-order valence-corrected chi connectivity index (χ2v) is 10.1. The Morgan fingerprint density at radius 3 is 2.46 bits per heavy atom. The minimum atomic E-state index is -0.994. The summed E-state index contributed by atoms with van der Waals surface area (Å²) in [5.74, 6) is -1.58. The van der Waals surface area contributed by atoms with Gasteiger partial charge in [0.15, 0.2) is 16.6 Å². The number of fused-ring (bicyclic) bond motifs is 2. The Hall–Kier alpha value is -4.70. The van der Waals surface area contributed by atoms with E-state index in [-0.39, 0.29) is 11.3 Å². The van der Waals surface area contributed by atoms with Gasteiger partial charge in [-0.05, 0) is 60.5 Å². The van der Waals surface area contributed by atoms with E-state index in [0.29, 0.717) is 52.1 Å². The maximum Gasteiger partial charge on any atom is 0.337 e. The van der Waals surface area contributed by atoms with E-state index in [0.717, 1.165) is 10.3 Å². The molecular formula is C29H22N2O7S. The van der Waals surface area contributed by atoms with Crippen LogP contribution in [0.1, 0.15) is 33.1 Å². The molecule has 39 heavy (non-hydrogen) atoms. The number of ether oxygens (including phenoxy) is 3. The van der Waals surface area contributed by atoms with Crippen LogP contribution in [-0.4, -0.2) is 48.1 Å². The van der Waals surface area contributed by atoms with Crippen molar-refractivity contribution >= 4 is 50.1 Å². The topological polar surface area (TPSA) is 115 Å². The van der Waals surface area contributed by atoms with E-state index in [1.807, 2.05) is 25.1 Å². The number of aromatic nitrogens is 1. The van der Waals surface area contributed by atoms with Gasteiger partial charge in [-0.25, -0.2) is 9.78 Å². The SMILES string of the molecule is COC(=O)c1ccc([C@H]2/C(=C(\O)c3ccc4c(c3)OCCO4)C(=O)C(=O)N2c2nc3ccc(C)cc3s2)cc1. The van der Waals surface area contributed by atoms with Gasteiger partial charge in [-0.15, -0.1) is 0 Å². The number of aryl methyl sites for hydroxylation is 1. The van der Waals surface area contributed by atoms with Gasteiger partial charge in [0.25, 0.3) is 5.78 Å². The minimum Gasteiger partial charge on any atom is -0.507 e. The van der Waals surface area contributed by atoms with E-state index in [2.05, 4.69) is 4.98 Å². The second kappa shape index (κ2) is 9.55. The smallest absolute Gasteiger partial charge is 0.337 e. The second-order valence-electron chi connectivity index (χ2n) is 9.11. The predicted molar refractivity (Wildman–Crippen MR) is 144 cm³/mol. The molecule has 3 heterocycles. The van der Waals surface area contributed by atoms with Crippen LogP contribution in [0.25, 0.3) is 16.0 Å². The summed E-state index contributed by atoms with van der Waals surface area (Å²) < 4.78 is 16.9. The van der Waals surface area contributed by atoms with Crippen molar-refractivity contribution in [3.63, 3.8) is 0 Å². The lowest BCUT2D eigenvalue weighted by atomic mass is 9.94. The lowest BCUT2D eigenvalue weighted by Gasteiger charge is -2.23. The van der Waals surface area contributed by atoms with Crippen LogP contribution < -0.4 is 14.4 Å². The molecule has 1 fully saturated rings. The zero-order chi connectivity index (χ0) is 27.3. The molecule has 3 aromatic carbocycles. The third kappa shape index (κ3) is 4.18. The summed E-state index contributed by atoms with van der Waals surface area (Å²) in [5, 5.41) is 11.8. The lowest BCUT2D eigenvalue weighted by molar-refractivity contribution is -0.132. The van der Waals surface area contributed by atoms with Crippen molar-refractivity contribution in [2.75, 3.05) is 25.2 Å². The number of methoxy groups -OCH3 is 1. The summed E-state index contributed by atoms with van der Waals surface area (Å²) in [6.45, 7) is 2.72. The van der Waals surface area contributed by atoms with Gasteiger partial charge >= 0.3 is 11.9 Å². The van der Waals surface area contributed by atoms with Crippen molar-refractivity contribution in [1.82, 2.24) is 4.98 Å². The molecule has 0 bridgehead atoms. The summed E-state index contributed by atoms with van der Waals surface area (Å²) in [6.07, 6.45) is 0. The van der Waals surface area contributed by atoms with Gasteiger partial charge in [-0.2, -0.15) is 0 Å².